The van der Waals surface area contributed by atoms with Crippen molar-refractivity contribution in [3.05, 3.63) is 35.6 Å². The van der Waals surface area contributed by atoms with Crippen LogP contribution in [-0.4, -0.2) is 26.0 Å². The monoisotopic (exact) mass is 288 g/mol. The Morgan fingerprint density at radius 2 is 2.11 bits per heavy atom. The highest BCUT2D eigenvalue weighted by Crippen LogP contribution is 2.11. The van der Waals surface area contributed by atoms with Crippen LogP contribution >= 0.6 is 12.4 Å². The van der Waals surface area contributed by atoms with Gasteiger partial charge in [0.1, 0.15) is 5.82 Å². The number of hydrogen-bond acceptors (Lipinski definition) is 2. The minimum atomic E-state index is -0.223. The molecule has 0 bridgehead atoms. The van der Waals surface area contributed by atoms with Crippen molar-refractivity contribution in [2.24, 2.45) is 5.92 Å². The predicted octanol–water partition coefficient (Wildman–Crippen LogP) is 2.15. The molecule has 1 unspecified atom stereocenters. The van der Waals surface area contributed by atoms with Gasteiger partial charge in [0, 0.05) is 19.0 Å². The van der Waals surface area contributed by atoms with Crippen LogP contribution in [0, 0.1) is 11.7 Å². The van der Waals surface area contributed by atoms with Gasteiger partial charge in [-0.25, -0.2) is 4.39 Å². The van der Waals surface area contributed by atoms with Gasteiger partial charge in [-0.2, -0.15) is 0 Å². The maximum atomic E-state index is 13.0. The predicted molar refractivity (Wildman–Crippen MR) is 78.1 cm³/mol. The maximum Gasteiger partial charge on any atom is 0.222 e. The van der Waals surface area contributed by atoms with E-state index in [1.165, 1.54) is 12.1 Å². The molecule has 0 spiro atoms. The van der Waals surface area contributed by atoms with E-state index in [0.29, 0.717) is 6.54 Å². The molecule has 0 heterocycles. The molecule has 0 aromatic heterocycles. The summed E-state index contributed by atoms with van der Waals surface area (Å²) in [7, 11) is 1.85. The molecule has 0 aliphatic carbocycles. The molecule has 1 amide bonds. The van der Waals surface area contributed by atoms with Crippen molar-refractivity contribution in [2.75, 3.05) is 20.1 Å². The molecular weight excluding hydrogens is 267 g/mol. The van der Waals surface area contributed by atoms with Crippen LogP contribution in [-0.2, 0) is 11.2 Å². The van der Waals surface area contributed by atoms with Crippen LogP contribution in [0.5, 0.6) is 0 Å². The standard InChI is InChI=1S/C14H21FN2O.ClH/c1-11(14(18)17-9-8-16-2)6-7-12-4-3-5-13(15)10-12;/h3-5,10-11,16H,6-9H2,1-2H3,(H,17,18);1H. The number of benzene rings is 1. The van der Waals surface area contributed by atoms with Gasteiger partial charge in [0.15, 0.2) is 0 Å². The zero-order chi connectivity index (χ0) is 13.4. The van der Waals surface area contributed by atoms with Crippen LogP contribution in [0.2, 0.25) is 0 Å². The van der Waals surface area contributed by atoms with Gasteiger partial charge in [-0.1, -0.05) is 19.1 Å². The molecule has 19 heavy (non-hydrogen) atoms. The Morgan fingerprint density at radius 3 is 2.74 bits per heavy atom. The van der Waals surface area contributed by atoms with Gasteiger partial charge >= 0.3 is 0 Å². The fraction of sp³-hybridized carbons (Fsp3) is 0.500. The summed E-state index contributed by atoms with van der Waals surface area (Å²) in [4.78, 5) is 11.7. The van der Waals surface area contributed by atoms with Gasteiger partial charge in [0.25, 0.3) is 0 Å². The lowest BCUT2D eigenvalue weighted by Crippen LogP contribution is -2.34. The number of nitrogens with one attached hydrogen (secondary N) is 2. The summed E-state index contributed by atoms with van der Waals surface area (Å²) in [5.74, 6) is -0.217. The quantitative estimate of drug-likeness (QED) is 0.755. The molecule has 0 aliphatic heterocycles. The van der Waals surface area contributed by atoms with E-state index >= 15 is 0 Å². The first-order chi connectivity index (χ1) is 8.63. The molecule has 2 N–H and O–H groups in total. The summed E-state index contributed by atoms with van der Waals surface area (Å²) < 4.78 is 13.0. The minimum Gasteiger partial charge on any atom is -0.355 e. The number of halogens is 2. The lowest BCUT2D eigenvalue weighted by Gasteiger charge is -2.12. The fourth-order valence-electron chi connectivity index (χ4n) is 1.69. The van der Waals surface area contributed by atoms with Crippen molar-refractivity contribution < 1.29 is 9.18 Å². The molecule has 3 nitrogen and oxygen atoms in total. The topological polar surface area (TPSA) is 41.1 Å². The van der Waals surface area contributed by atoms with Crippen molar-refractivity contribution in [3.63, 3.8) is 0 Å². The highest BCUT2D eigenvalue weighted by atomic mass is 35.5. The second-order valence-electron chi connectivity index (χ2n) is 4.46. The van der Waals surface area contributed by atoms with Crippen LogP contribution in [0.4, 0.5) is 4.39 Å². The summed E-state index contributed by atoms with van der Waals surface area (Å²) in [6.07, 6.45) is 1.45. The van der Waals surface area contributed by atoms with E-state index in [-0.39, 0.29) is 30.0 Å². The largest absolute Gasteiger partial charge is 0.355 e. The molecule has 1 atom stereocenters. The molecule has 0 aliphatic rings. The summed E-state index contributed by atoms with van der Waals surface area (Å²) in [5.41, 5.74) is 0.935. The number of carbonyl (C=O) groups excluding carboxylic acids is 1. The smallest absolute Gasteiger partial charge is 0.222 e. The summed E-state index contributed by atoms with van der Waals surface area (Å²) >= 11 is 0. The van der Waals surface area contributed by atoms with Crippen molar-refractivity contribution in [2.45, 2.75) is 19.8 Å². The lowest BCUT2D eigenvalue weighted by atomic mass is 10.0. The van der Waals surface area contributed by atoms with Crippen molar-refractivity contribution in [3.8, 4) is 0 Å². The zero-order valence-corrected chi connectivity index (χ0v) is 12.2. The SMILES string of the molecule is CNCCNC(=O)C(C)CCc1cccc(F)c1.Cl. The molecule has 0 radical (unpaired) electrons. The molecule has 5 heteroatoms. The average Bonchev–Trinajstić information content (AvgIpc) is 2.36. The van der Waals surface area contributed by atoms with E-state index in [2.05, 4.69) is 10.6 Å². The van der Waals surface area contributed by atoms with Crippen LogP contribution in [0.15, 0.2) is 24.3 Å². The Hall–Kier alpha value is -1.13. The molecular formula is C14H22ClFN2O. The van der Waals surface area contributed by atoms with Gasteiger partial charge in [-0.05, 0) is 37.6 Å². The van der Waals surface area contributed by atoms with E-state index in [0.717, 1.165) is 24.9 Å². The molecule has 0 fully saturated rings. The highest BCUT2D eigenvalue weighted by Gasteiger charge is 2.12. The number of aryl methyl sites for hydroxylation is 1. The molecule has 1 aromatic carbocycles. The van der Waals surface area contributed by atoms with Gasteiger partial charge < -0.3 is 10.6 Å². The average molecular weight is 289 g/mol. The number of amides is 1. The highest BCUT2D eigenvalue weighted by molar-refractivity contribution is 5.85. The summed E-state index contributed by atoms with van der Waals surface area (Å²) in [6, 6.07) is 6.53. The van der Waals surface area contributed by atoms with Crippen LogP contribution < -0.4 is 10.6 Å². The fourth-order valence-corrected chi connectivity index (χ4v) is 1.69. The first-order valence-corrected chi connectivity index (χ1v) is 6.30. The second-order valence-corrected chi connectivity index (χ2v) is 4.46. The second kappa shape index (κ2) is 9.75. The van der Waals surface area contributed by atoms with Gasteiger partial charge in [0.2, 0.25) is 5.91 Å². The van der Waals surface area contributed by atoms with Crippen molar-refractivity contribution >= 4 is 18.3 Å². The Morgan fingerprint density at radius 1 is 1.37 bits per heavy atom. The van der Waals surface area contributed by atoms with Gasteiger partial charge in [0.05, 0.1) is 0 Å². The number of likely N-dealkylation sites (N-methyl/N-ethyl adjacent to an activating group) is 1. The van der Waals surface area contributed by atoms with E-state index in [9.17, 15) is 9.18 Å². The Bertz CT molecular complexity index is 387. The summed E-state index contributed by atoms with van der Waals surface area (Å²) in [5, 5.41) is 5.83. The van der Waals surface area contributed by atoms with Crippen LogP contribution in [0.25, 0.3) is 0 Å². The molecule has 1 rings (SSSR count). The number of carbonyl (C=O) groups is 1. The first-order valence-electron chi connectivity index (χ1n) is 6.30. The van der Waals surface area contributed by atoms with Crippen molar-refractivity contribution in [1.29, 1.82) is 0 Å². The van der Waals surface area contributed by atoms with Gasteiger partial charge in [-0.3, -0.25) is 4.79 Å². The van der Waals surface area contributed by atoms with E-state index in [4.69, 9.17) is 0 Å². The number of hydrogen-bond donors (Lipinski definition) is 2. The Labute approximate surface area is 120 Å². The minimum absolute atomic E-state index is 0. The van der Waals surface area contributed by atoms with Crippen molar-refractivity contribution in [1.82, 2.24) is 10.6 Å². The third-order valence-corrected chi connectivity index (χ3v) is 2.88. The Kier molecular flexibility index (Phi) is 9.17. The lowest BCUT2D eigenvalue weighted by molar-refractivity contribution is -0.124. The molecule has 0 saturated carbocycles. The first kappa shape index (κ1) is 17.9. The molecule has 108 valence electrons. The maximum absolute atomic E-state index is 13.0. The normalized spacial score (nSPS) is 11.5. The van der Waals surface area contributed by atoms with Gasteiger partial charge in [-0.15, -0.1) is 12.4 Å². The van der Waals surface area contributed by atoms with E-state index in [1.54, 1.807) is 6.07 Å². The van der Waals surface area contributed by atoms with Crippen LogP contribution in [0.1, 0.15) is 18.9 Å². The third kappa shape index (κ3) is 7.13. The zero-order valence-electron chi connectivity index (χ0n) is 11.4. The molecule has 0 saturated heterocycles. The van der Waals surface area contributed by atoms with E-state index < -0.39 is 0 Å². The Balaban J connectivity index is 0.00000324. The molecule has 1 aromatic rings. The third-order valence-electron chi connectivity index (χ3n) is 2.88. The number of rotatable bonds is 7. The summed E-state index contributed by atoms with van der Waals surface area (Å²) in [6.45, 7) is 3.30. The van der Waals surface area contributed by atoms with Crippen LogP contribution in [0.3, 0.4) is 0 Å². The van der Waals surface area contributed by atoms with E-state index in [1.807, 2.05) is 20.0 Å².